The van der Waals surface area contributed by atoms with E-state index >= 15 is 0 Å². The number of hydrogen-bond acceptors (Lipinski definition) is 2. The maximum Gasteiger partial charge on any atom is 0.222 e. The zero-order chi connectivity index (χ0) is 15.0. The highest BCUT2D eigenvalue weighted by atomic mass is 16.2. The second kappa shape index (κ2) is 9.38. The van der Waals surface area contributed by atoms with Crippen LogP contribution < -0.4 is 5.32 Å². The lowest BCUT2D eigenvalue weighted by Crippen LogP contribution is -2.39. The van der Waals surface area contributed by atoms with Gasteiger partial charge in [0.25, 0.3) is 0 Å². The summed E-state index contributed by atoms with van der Waals surface area (Å²) < 4.78 is 0. The van der Waals surface area contributed by atoms with Crippen LogP contribution >= 0.6 is 0 Å². The van der Waals surface area contributed by atoms with E-state index in [0.717, 1.165) is 32.6 Å². The molecule has 20 heavy (non-hydrogen) atoms. The predicted molar refractivity (Wildman–Crippen MR) is 85.7 cm³/mol. The first-order valence-corrected chi connectivity index (χ1v) is 8.60. The average molecular weight is 282 g/mol. The fourth-order valence-corrected chi connectivity index (χ4v) is 3.20. The molecule has 1 saturated heterocycles. The Bertz CT molecular complexity index is 270. The van der Waals surface area contributed by atoms with Crippen molar-refractivity contribution in [3.05, 3.63) is 0 Å². The van der Waals surface area contributed by atoms with Crippen LogP contribution in [0.15, 0.2) is 0 Å². The van der Waals surface area contributed by atoms with Crippen LogP contribution in [-0.4, -0.2) is 37.0 Å². The number of piperidine rings is 1. The van der Waals surface area contributed by atoms with Gasteiger partial charge in [-0.2, -0.15) is 0 Å². The number of carbonyl (C=O) groups is 1. The fraction of sp³-hybridized carbons (Fsp3) is 0.941. The quantitative estimate of drug-likeness (QED) is 0.741. The van der Waals surface area contributed by atoms with Crippen molar-refractivity contribution in [2.45, 2.75) is 59.8 Å². The molecule has 2 atom stereocenters. The first kappa shape index (κ1) is 17.5. The summed E-state index contributed by atoms with van der Waals surface area (Å²) in [6.07, 6.45) is 5.60. The van der Waals surface area contributed by atoms with E-state index in [0.29, 0.717) is 23.7 Å². The van der Waals surface area contributed by atoms with Gasteiger partial charge in [-0.1, -0.05) is 33.6 Å². The van der Waals surface area contributed by atoms with E-state index in [4.69, 9.17) is 0 Å². The van der Waals surface area contributed by atoms with Crippen LogP contribution in [0.3, 0.4) is 0 Å². The van der Waals surface area contributed by atoms with Gasteiger partial charge in [0.15, 0.2) is 0 Å². The average Bonchev–Trinajstić information content (AvgIpc) is 2.49. The smallest absolute Gasteiger partial charge is 0.222 e. The third-order valence-electron chi connectivity index (χ3n) is 5.00. The summed E-state index contributed by atoms with van der Waals surface area (Å²) in [6, 6.07) is 0. The molecule has 0 spiro atoms. The Morgan fingerprint density at radius 2 is 2.00 bits per heavy atom. The summed E-state index contributed by atoms with van der Waals surface area (Å²) in [7, 11) is 0. The number of rotatable bonds is 8. The summed E-state index contributed by atoms with van der Waals surface area (Å²) in [4.78, 5) is 14.6. The number of hydrogen-bond donors (Lipinski definition) is 1. The molecule has 3 heteroatoms. The molecule has 118 valence electrons. The van der Waals surface area contributed by atoms with Crippen LogP contribution in [0.1, 0.15) is 59.8 Å². The van der Waals surface area contributed by atoms with Crippen LogP contribution in [0.2, 0.25) is 0 Å². The highest BCUT2D eigenvalue weighted by Crippen LogP contribution is 2.23. The molecule has 0 radical (unpaired) electrons. The van der Waals surface area contributed by atoms with Gasteiger partial charge in [-0.25, -0.2) is 0 Å². The van der Waals surface area contributed by atoms with E-state index in [2.05, 4.69) is 37.9 Å². The molecule has 1 N–H and O–H groups in total. The lowest BCUT2D eigenvalue weighted by molar-refractivity contribution is -0.133. The fourth-order valence-electron chi connectivity index (χ4n) is 3.20. The first-order valence-electron chi connectivity index (χ1n) is 8.60. The van der Waals surface area contributed by atoms with Gasteiger partial charge in [-0.05, 0) is 50.6 Å². The zero-order valence-corrected chi connectivity index (χ0v) is 14.0. The molecule has 0 saturated carbocycles. The van der Waals surface area contributed by atoms with E-state index in [1.807, 2.05) is 0 Å². The molecule has 0 aromatic heterocycles. The maximum absolute atomic E-state index is 12.5. The van der Waals surface area contributed by atoms with Crippen molar-refractivity contribution in [2.24, 2.45) is 17.8 Å². The molecular formula is C17H34N2O. The Labute approximate surface area is 125 Å². The highest BCUT2D eigenvalue weighted by Gasteiger charge is 2.24. The van der Waals surface area contributed by atoms with Gasteiger partial charge in [0.2, 0.25) is 5.91 Å². The van der Waals surface area contributed by atoms with E-state index in [-0.39, 0.29) is 0 Å². The summed E-state index contributed by atoms with van der Waals surface area (Å²) in [5.74, 6) is 2.20. The molecule has 1 aliphatic rings. The Morgan fingerprint density at radius 3 is 2.50 bits per heavy atom. The molecule has 1 fully saturated rings. The Morgan fingerprint density at radius 1 is 1.30 bits per heavy atom. The molecular weight excluding hydrogens is 248 g/mol. The standard InChI is InChI=1S/C17H34N2O/c1-5-15(6-2)13-19(7-3)17(20)11-14(4)16-9-8-10-18-12-16/h14-16,18H,5-13H2,1-4H3. The van der Waals surface area contributed by atoms with Crippen molar-refractivity contribution < 1.29 is 4.79 Å². The van der Waals surface area contributed by atoms with E-state index < -0.39 is 0 Å². The largest absolute Gasteiger partial charge is 0.343 e. The summed E-state index contributed by atoms with van der Waals surface area (Å²) >= 11 is 0. The second-order valence-electron chi connectivity index (χ2n) is 6.40. The van der Waals surface area contributed by atoms with Crippen molar-refractivity contribution in [3.8, 4) is 0 Å². The summed E-state index contributed by atoms with van der Waals surface area (Å²) in [5, 5.41) is 3.46. The first-order chi connectivity index (χ1) is 9.62. The predicted octanol–water partition coefficient (Wildman–Crippen LogP) is 3.30. The van der Waals surface area contributed by atoms with Crippen molar-refractivity contribution in [1.29, 1.82) is 0 Å². The Balaban J connectivity index is 2.44. The van der Waals surface area contributed by atoms with Gasteiger partial charge < -0.3 is 10.2 Å². The van der Waals surface area contributed by atoms with Crippen molar-refractivity contribution in [1.82, 2.24) is 10.2 Å². The molecule has 0 aliphatic carbocycles. The lowest BCUT2D eigenvalue weighted by Gasteiger charge is -2.31. The number of nitrogens with zero attached hydrogens (tertiary/aromatic N) is 1. The van der Waals surface area contributed by atoms with Gasteiger partial charge >= 0.3 is 0 Å². The van der Waals surface area contributed by atoms with E-state index in [1.165, 1.54) is 25.7 Å². The molecule has 2 unspecified atom stereocenters. The van der Waals surface area contributed by atoms with Crippen LogP contribution in [0.4, 0.5) is 0 Å². The van der Waals surface area contributed by atoms with Crippen molar-refractivity contribution in [3.63, 3.8) is 0 Å². The molecule has 0 aromatic carbocycles. The summed E-state index contributed by atoms with van der Waals surface area (Å²) in [5.41, 5.74) is 0. The minimum absolute atomic E-state index is 0.359. The van der Waals surface area contributed by atoms with Gasteiger partial charge in [-0.3, -0.25) is 4.79 Å². The van der Waals surface area contributed by atoms with Crippen LogP contribution in [-0.2, 0) is 4.79 Å². The topological polar surface area (TPSA) is 32.3 Å². The molecule has 0 aromatic rings. The van der Waals surface area contributed by atoms with Gasteiger partial charge in [0.05, 0.1) is 0 Å². The molecule has 3 nitrogen and oxygen atoms in total. The van der Waals surface area contributed by atoms with Crippen molar-refractivity contribution in [2.75, 3.05) is 26.2 Å². The minimum Gasteiger partial charge on any atom is -0.343 e. The third-order valence-corrected chi connectivity index (χ3v) is 5.00. The number of nitrogens with one attached hydrogen (secondary N) is 1. The second-order valence-corrected chi connectivity index (χ2v) is 6.40. The molecule has 0 bridgehead atoms. The Hall–Kier alpha value is -0.570. The van der Waals surface area contributed by atoms with Crippen LogP contribution in [0.5, 0.6) is 0 Å². The monoisotopic (exact) mass is 282 g/mol. The van der Waals surface area contributed by atoms with E-state index in [1.54, 1.807) is 0 Å². The van der Waals surface area contributed by atoms with Gasteiger partial charge in [0.1, 0.15) is 0 Å². The number of carbonyl (C=O) groups excluding carboxylic acids is 1. The Kier molecular flexibility index (Phi) is 8.20. The highest BCUT2D eigenvalue weighted by molar-refractivity contribution is 5.76. The SMILES string of the molecule is CCC(CC)CN(CC)C(=O)CC(C)C1CCCNC1. The minimum atomic E-state index is 0.359. The van der Waals surface area contributed by atoms with Crippen LogP contribution in [0, 0.1) is 17.8 Å². The third kappa shape index (κ3) is 5.43. The van der Waals surface area contributed by atoms with Gasteiger partial charge in [-0.15, -0.1) is 0 Å². The van der Waals surface area contributed by atoms with E-state index in [9.17, 15) is 4.79 Å². The lowest BCUT2D eigenvalue weighted by atomic mass is 9.85. The normalized spacial score (nSPS) is 20.9. The maximum atomic E-state index is 12.5. The van der Waals surface area contributed by atoms with Gasteiger partial charge in [0, 0.05) is 19.5 Å². The zero-order valence-electron chi connectivity index (χ0n) is 14.0. The molecule has 1 aliphatic heterocycles. The molecule has 1 heterocycles. The number of amides is 1. The molecule has 1 amide bonds. The van der Waals surface area contributed by atoms with Crippen LogP contribution in [0.25, 0.3) is 0 Å². The van der Waals surface area contributed by atoms with Crippen molar-refractivity contribution >= 4 is 5.91 Å². The summed E-state index contributed by atoms with van der Waals surface area (Å²) in [6.45, 7) is 12.8. The molecule has 1 rings (SSSR count).